The van der Waals surface area contributed by atoms with Gasteiger partial charge < -0.3 is 28.2 Å². The maximum Gasteiger partial charge on any atom is 0.332 e. The Balaban J connectivity index is 1.78. The minimum atomic E-state index is -1.90. The minimum absolute atomic E-state index is 0.00972. The van der Waals surface area contributed by atoms with Crippen LogP contribution in [0.15, 0.2) is 11.1 Å². The van der Waals surface area contributed by atoms with Gasteiger partial charge in [-0.2, -0.15) is 15.5 Å². The van der Waals surface area contributed by atoms with Gasteiger partial charge in [0.05, 0.1) is 51.1 Å². The second-order valence-corrected chi connectivity index (χ2v) is 9.36. The predicted octanol–water partition coefficient (Wildman–Crippen LogP) is 1.09. The highest BCUT2D eigenvalue weighted by Gasteiger charge is 2.46. The molecule has 0 aliphatic carbocycles. The Morgan fingerprint density at radius 2 is 1.97 bits per heavy atom. The first-order valence-electron chi connectivity index (χ1n) is 11.4. The summed E-state index contributed by atoms with van der Waals surface area (Å²) in [5.41, 5.74) is -0.439. The van der Waals surface area contributed by atoms with E-state index in [1.165, 1.54) is 18.0 Å². The molecule has 0 bridgehead atoms. The van der Waals surface area contributed by atoms with Crippen LogP contribution in [0, 0.1) is 28.6 Å². The van der Waals surface area contributed by atoms with E-state index < -0.39 is 38.7 Å². The van der Waals surface area contributed by atoms with Crippen LogP contribution in [-0.2, 0) is 27.8 Å². The van der Waals surface area contributed by atoms with Crippen molar-refractivity contribution in [1.29, 1.82) is 10.5 Å². The number of aliphatic hydroxyl groups is 1. The zero-order valence-electron chi connectivity index (χ0n) is 20.5. The van der Waals surface area contributed by atoms with Gasteiger partial charge in [0.2, 0.25) is 11.9 Å². The molecule has 200 valence electrons. The molecule has 1 saturated heterocycles. The summed E-state index contributed by atoms with van der Waals surface area (Å²) in [6.45, 7) is 3.39. The molecule has 3 heterocycles. The molecule has 37 heavy (non-hydrogen) atoms. The van der Waals surface area contributed by atoms with Crippen molar-refractivity contribution in [1.82, 2.24) is 19.5 Å². The summed E-state index contributed by atoms with van der Waals surface area (Å²) < 4.78 is 29.4. The van der Waals surface area contributed by atoms with Gasteiger partial charge in [-0.3, -0.25) is 24.5 Å². The fourth-order valence-electron chi connectivity index (χ4n) is 3.35. The number of anilines is 1. The number of fused-ring (bicyclic) bond motifs is 1. The lowest BCUT2D eigenvalue weighted by Crippen LogP contribution is -2.35. The van der Waals surface area contributed by atoms with Crippen molar-refractivity contribution in [2.24, 2.45) is 5.92 Å². The summed E-state index contributed by atoms with van der Waals surface area (Å²) in [5, 5.41) is 30.8. The molecule has 15 nitrogen and oxygen atoms in total. The average molecular weight is 537 g/mol. The highest BCUT2D eigenvalue weighted by molar-refractivity contribution is 7.41. The Morgan fingerprint density at radius 1 is 1.30 bits per heavy atom. The van der Waals surface area contributed by atoms with E-state index in [9.17, 15) is 14.7 Å². The highest BCUT2D eigenvalue weighted by atomic mass is 31.2. The van der Waals surface area contributed by atoms with Gasteiger partial charge in [-0.05, 0) is 0 Å². The number of hydrogen-bond acceptors (Lipinski definition) is 12. The number of aromatic nitrogens is 4. The van der Waals surface area contributed by atoms with Crippen molar-refractivity contribution >= 4 is 31.6 Å². The topological polar surface area (TPSA) is 207 Å². The van der Waals surface area contributed by atoms with Crippen LogP contribution >= 0.6 is 8.60 Å². The summed E-state index contributed by atoms with van der Waals surface area (Å²) in [5.74, 6) is -0.727. The summed E-state index contributed by atoms with van der Waals surface area (Å²) in [6.07, 6.45) is -2.28. The zero-order chi connectivity index (χ0) is 26.9. The van der Waals surface area contributed by atoms with E-state index in [0.29, 0.717) is 0 Å². The molecule has 1 amide bonds. The van der Waals surface area contributed by atoms with E-state index in [1.807, 2.05) is 12.1 Å². The van der Waals surface area contributed by atoms with E-state index >= 15 is 0 Å². The molecule has 1 aliphatic rings. The van der Waals surface area contributed by atoms with Gasteiger partial charge in [0.1, 0.15) is 18.3 Å². The van der Waals surface area contributed by atoms with Crippen LogP contribution in [0.4, 0.5) is 5.95 Å². The van der Waals surface area contributed by atoms with Gasteiger partial charge >= 0.3 is 8.60 Å². The Bertz CT molecular complexity index is 1190. The molecule has 16 heteroatoms. The summed E-state index contributed by atoms with van der Waals surface area (Å²) in [6, 6.07) is 3.89. The van der Waals surface area contributed by atoms with Crippen LogP contribution in [0.2, 0.25) is 0 Å². The lowest BCUT2D eigenvalue weighted by Gasteiger charge is -2.20. The van der Waals surface area contributed by atoms with E-state index in [0.717, 1.165) is 0 Å². The monoisotopic (exact) mass is 537 g/mol. The molecule has 0 saturated carbocycles. The number of H-pyrrole nitrogens is 1. The first-order valence-corrected chi connectivity index (χ1v) is 12.5. The number of nitriles is 2. The number of imidazole rings is 1. The number of nitrogens with one attached hydrogen (secondary N) is 2. The summed E-state index contributed by atoms with van der Waals surface area (Å²) in [4.78, 5) is 35.5. The third-order valence-corrected chi connectivity index (χ3v) is 6.37. The molecule has 2 aromatic heterocycles. The zero-order valence-corrected chi connectivity index (χ0v) is 21.4. The first kappa shape index (κ1) is 28.6. The second-order valence-electron chi connectivity index (χ2n) is 8.14. The normalized spacial score (nSPS) is 21.4. The fraction of sp³-hybridized carbons (Fsp3) is 0.619. The number of carbonyl (C=O) groups is 1. The molecule has 0 aromatic carbocycles. The average Bonchev–Trinajstić information content (AvgIpc) is 3.42. The lowest BCUT2D eigenvalue weighted by molar-refractivity contribution is -0.118. The highest BCUT2D eigenvalue weighted by Crippen LogP contribution is 2.42. The van der Waals surface area contributed by atoms with Crippen LogP contribution in [0.1, 0.15) is 32.9 Å². The van der Waals surface area contributed by atoms with Gasteiger partial charge in [-0.25, -0.2) is 4.98 Å². The fourth-order valence-corrected chi connectivity index (χ4v) is 4.32. The number of hydrogen-bond donors (Lipinski definition) is 3. The van der Waals surface area contributed by atoms with Gasteiger partial charge in [0, 0.05) is 13.0 Å². The molecule has 3 N–H and O–H groups in total. The molecule has 4 atom stereocenters. The van der Waals surface area contributed by atoms with Crippen molar-refractivity contribution in [2.75, 3.05) is 32.2 Å². The van der Waals surface area contributed by atoms with Crippen LogP contribution < -0.4 is 10.9 Å². The standard InChI is InChI=1S/C21H28N7O8P/c1-12(2)18(30)26-21-25-17-14(19(31)27-21)24-11-28(17)20-16(32-3)15(29)13(36-20)10-35-37(33-8-4-6-22)34-9-5-7-23/h11-13,15-16,20,29H,4-5,8-10H2,1-3H3,(H2,25,26,27,30,31)/t13-,15-,16-,20-/m1/s1. The van der Waals surface area contributed by atoms with Gasteiger partial charge in [-0.1, -0.05) is 13.8 Å². The smallest absolute Gasteiger partial charge is 0.332 e. The Labute approximate surface area is 213 Å². The lowest BCUT2D eigenvalue weighted by atomic mass is 10.1. The Morgan fingerprint density at radius 3 is 2.57 bits per heavy atom. The number of aromatic amines is 1. The van der Waals surface area contributed by atoms with Crippen LogP contribution in [-0.4, -0.2) is 75.8 Å². The number of nitrogens with zero attached hydrogens (tertiary/aromatic N) is 5. The number of methoxy groups -OCH3 is 1. The molecule has 1 fully saturated rings. The van der Waals surface area contributed by atoms with Crippen LogP contribution in [0.25, 0.3) is 11.2 Å². The third-order valence-electron chi connectivity index (χ3n) is 5.22. The van der Waals surface area contributed by atoms with Crippen molar-refractivity contribution in [3.63, 3.8) is 0 Å². The number of aliphatic hydroxyl groups excluding tert-OH is 1. The van der Waals surface area contributed by atoms with Crippen molar-refractivity contribution in [3.05, 3.63) is 16.7 Å². The molecular formula is C21H28N7O8P. The van der Waals surface area contributed by atoms with Crippen LogP contribution in [0.3, 0.4) is 0 Å². The third kappa shape index (κ3) is 7.06. The van der Waals surface area contributed by atoms with Crippen molar-refractivity contribution in [2.45, 2.75) is 51.2 Å². The van der Waals surface area contributed by atoms with E-state index in [1.54, 1.807) is 13.8 Å². The SMILES string of the molecule is CO[C@@H]1[C@H](O)[C@@H](COP(OCCC#N)OCCC#N)O[C@H]1n1cnc2c(=O)[nH]c(NC(=O)C(C)C)nc21. The van der Waals surface area contributed by atoms with E-state index in [4.69, 9.17) is 33.6 Å². The maximum absolute atomic E-state index is 12.5. The molecule has 1 aliphatic heterocycles. The Hall–Kier alpha value is -3.01. The summed E-state index contributed by atoms with van der Waals surface area (Å²) in [7, 11) is -0.506. The van der Waals surface area contributed by atoms with E-state index in [-0.39, 0.29) is 61.6 Å². The molecule has 2 aromatic rings. The quantitative estimate of drug-likeness (QED) is 0.242. The van der Waals surface area contributed by atoms with Gasteiger partial charge in [0.15, 0.2) is 17.4 Å². The molecule has 3 rings (SSSR count). The van der Waals surface area contributed by atoms with Gasteiger partial charge in [-0.15, -0.1) is 0 Å². The van der Waals surface area contributed by atoms with Crippen molar-refractivity contribution < 1.29 is 32.9 Å². The second kappa shape index (κ2) is 13.5. The largest absolute Gasteiger partial charge is 0.387 e. The molecule has 0 radical (unpaired) electrons. The molecule has 0 unspecified atom stereocenters. The minimum Gasteiger partial charge on any atom is -0.387 e. The Kier molecular flexibility index (Phi) is 10.4. The van der Waals surface area contributed by atoms with E-state index in [2.05, 4.69) is 20.3 Å². The van der Waals surface area contributed by atoms with Crippen molar-refractivity contribution in [3.8, 4) is 12.1 Å². The molecule has 0 spiro atoms. The predicted molar refractivity (Wildman–Crippen MR) is 128 cm³/mol. The number of rotatable bonds is 13. The van der Waals surface area contributed by atoms with Crippen LogP contribution in [0.5, 0.6) is 0 Å². The number of ether oxygens (including phenoxy) is 2. The molecular weight excluding hydrogens is 509 g/mol. The first-order chi connectivity index (χ1) is 17.8. The maximum atomic E-state index is 12.5. The summed E-state index contributed by atoms with van der Waals surface area (Å²) >= 11 is 0. The number of carbonyl (C=O) groups excluding carboxylic acids is 1. The number of amides is 1. The van der Waals surface area contributed by atoms with Gasteiger partial charge in [0.25, 0.3) is 5.56 Å².